The van der Waals surface area contributed by atoms with Gasteiger partial charge in [-0.2, -0.15) is 0 Å². The van der Waals surface area contributed by atoms with Gasteiger partial charge in [-0.05, 0) is 43.0 Å². The first kappa shape index (κ1) is 16.1. The molecule has 1 amide bonds. The van der Waals surface area contributed by atoms with E-state index in [1.165, 1.54) is 0 Å². The van der Waals surface area contributed by atoms with Crippen LogP contribution in [0.5, 0.6) is 0 Å². The molecule has 1 aliphatic heterocycles. The van der Waals surface area contributed by atoms with E-state index >= 15 is 0 Å². The second-order valence-electron chi connectivity index (χ2n) is 6.09. The van der Waals surface area contributed by atoms with Gasteiger partial charge in [-0.1, -0.05) is 18.5 Å². The van der Waals surface area contributed by atoms with Gasteiger partial charge in [0, 0.05) is 49.0 Å². The van der Waals surface area contributed by atoms with E-state index in [1.807, 2.05) is 11.1 Å². The molecule has 1 fully saturated rings. The smallest absolute Gasteiger partial charge is 0.253 e. The lowest BCUT2D eigenvalue weighted by atomic mass is 9.96. The summed E-state index contributed by atoms with van der Waals surface area (Å²) in [5, 5.41) is 0.660. The first-order valence-corrected chi connectivity index (χ1v) is 8.60. The topological polar surface area (TPSA) is 38.1 Å². The first-order chi connectivity index (χ1) is 11.2. The molecule has 1 saturated heterocycles. The highest BCUT2D eigenvalue weighted by Crippen LogP contribution is 2.22. The van der Waals surface area contributed by atoms with Crippen LogP contribution in [0.1, 0.15) is 35.9 Å². The predicted octanol–water partition coefficient (Wildman–Crippen LogP) is 3.65. The number of aromatic nitrogens is 2. The highest BCUT2D eigenvalue weighted by molar-refractivity contribution is 6.30. The van der Waals surface area contributed by atoms with Gasteiger partial charge in [0.15, 0.2) is 0 Å². The SMILES string of the molecule is CCc1nccn1CC1CCN(C(=O)c2ccc(Cl)cc2)CC1. The highest BCUT2D eigenvalue weighted by Gasteiger charge is 2.24. The molecule has 2 heterocycles. The molecule has 2 aromatic rings. The number of rotatable bonds is 4. The molecule has 4 nitrogen and oxygen atoms in total. The first-order valence-electron chi connectivity index (χ1n) is 8.22. The molecule has 0 atom stereocenters. The monoisotopic (exact) mass is 331 g/mol. The van der Waals surface area contributed by atoms with Crippen molar-refractivity contribution in [2.24, 2.45) is 5.92 Å². The van der Waals surface area contributed by atoms with Crippen LogP contribution in [0.3, 0.4) is 0 Å². The molecule has 0 unspecified atom stereocenters. The summed E-state index contributed by atoms with van der Waals surface area (Å²) < 4.78 is 2.25. The van der Waals surface area contributed by atoms with Crippen LogP contribution in [0.2, 0.25) is 5.02 Å². The fraction of sp³-hybridized carbons (Fsp3) is 0.444. The van der Waals surface area contributed by atoms with Crippen molar-refractivity contribution in [2.75, 3.05) is 13.1 Å². The summed E-state index contributed by atoms with van der Waals surface area (Å²) in [6.07, 6.45) is 6.98. The maximum absolute atomic E-state index is 12.5. The molecule has 0 aliphatic carbocycles. The lowest BCUT2D eigenvalue weighted by molar-refractivity contribution is 0.0682. The van der Waals surface area contributed by atoms with Gasteiger partial charge >= 0.3 is 0 Å². The second-order valence-corrected chi connectivity index (χ2v) is 6.53. The Bertz CT molecular complexity index is 657. The summed E-state index contributed by atoms with van der Waals surface area (Å²) in [5.74, 6) is 1.87. The number of amides is 1. The zero-order valence-corrected chi connectivity index (χ0v) is 14.2. The maximum atomic E-state index is 12.5. The lowest BCUT2D eigenvalue weighted by Gasteiger charge is -2.32. The summed E-state index contributed by atoms with van der Waals surface area (Å²) in [6.45, 7) is 4.78. The van der Waals surface area contributed by atoms with Gasteiger partial charge in [0.1, 0.15) is 5.82 Å². The van der Waals surface area contributed by atoms with Crippen molar-refractivity contribution in [3.63, 3.8) is 0 Å². The van der Waals surface area contributed by atoms with Gasteiger partial charge in [0.25, 0.3) is 5.91 Å². The van der Waals surface area contributed by atoms with Gasteiger partial charge < -0.3 is 9.47 Å². The van der Waals surface area contributed by atoms with Crippen LogP contribution in [0, 0.1) is 5.92 Å². The number of likely N-dealkylation sites (tertiary alicyclic amines) is 1. The Hall–Kier alpha value is -1.81. The minimum atomic E-state index is 0.108. The molecule has 1 aliphatic rings. The van der Waals surface area contributed by atoms with E-state index in [-0.39, 0.29) is 5.91 Å². The number of imidazole rings is 1. The van der Waals surface area contributed by atoms with Crippen LogP contribution in [-0.2, 0) is 13.0 Å². The van der Waals surface area contributed by atoms with Crippen LogP contribution in [0.25, 0.3) is 0 Å². The van der Waals surface area contributed by atoms with Gasteiger partial charge in [0.2, 0.25) is 0 Å². The third-order valence-electron chi connectivity index (χ3n) is 4.57. The Balaban J connectivity index is 1.56. The van der Waals surface area contributed by atoms with E-state index in [1.54, 1.807) is 24.3 Å². The van der Waals surface area contributed by atoms with E-state index in [0.29, 0.717) is 10.9 Å². The third-order valence-corrected chi connectivity index (χ3v) is 4.82. The minimum absolute atomic E-state index is 0.108. The van der Waals surface area contributed by atoms with E-state index < -0.39 is 0 Å². The number of nitrogens with zero attached hydrogens (tertiary/aromatic N) is 3. The normalized spacial score (nSPS) is 15.8. The van der Waals surface area contributed by atoms with Crippen molar-refractivity contribution in [3.05, 3.63) is 53.1 Å². The van der Waals surface area contributed by atoms with Crippen molar-refractivity contribution < 1.29 is 4.79 Å². The molecule has 3 rings (SSSR count). The summed E-state index contributed by atoms with van der Waals surface area (Å²) in [7, 11) is 0. The number of benzene rings is 1. The van der Waals surface area contributed by atoms with E-state index in [4.69, 9.17) is 11.6 Å². The molecule has 1 aromatic heterocycles. The van der Waals surface area contributed by atoms with Crippen LogP contribution < -0.4 is 0 Å². The molecule has 0 spiro atoms. The zero-order valence-electron chi connectivity index (χ0n) is 13.4. The van der Waals surface area contributed by atoms with E-state index in [2.05, 4.69) is 22.7 Å². The van der Waals surface area contributed by atoms with Gasteiger partial charge in [0.05, 0.1) is 0 Å². The number of hydrogen-bond acceptors (Lipinski definition) is 2. The largest absolute Gasteiger partial charge is 0.339 e. The van der Waals surface area contributed by atoms with Crippen LogP contribution >= 0.6 is 11.6 Å². The Morgan fingerprint density at radius 1 is 1.26 bits per heavy atom. The van der Waals surface area contributed by atoms with Gasteiger partial charge in [-0.15, -0.1) is 0 Å². The zero-order chi connectivity index (χ0) is 16.2. The van der Waals surface area contributed by atoms with Gasteiger partial charge in [-0.25, -0.2) is 4.98 Å². The molecular formula is C18H22ClN3O. The predicted molar refractivity (Wildman–Crippen MR) is 91.7 cm³/mol. The lowest BCUT2D eigenvalue weighted by Crippen LogP contribution is -2.39. The minimum Gasteiger partial charge on any atom is -0.339 e. The highest BCUT2D eigenvalue weighted by atomic mass is 35.5. The van der Waals surface area contributed by atoms with E-state index in [0.717, 1.165) is 50.3 Å². The number of piperidine rings is 1. The fourth-order valence-electron chi connectivity index (χ4n) is 3.19. The van der Waals surface area contributed by atoms with Crippen molar-refractivity contribution in [1.82, 2.24) is 14.5 Å². The van der Waals surface area contributed by atoms with Crippen LogP contribution in [0.4, 0.5) is 0 Å². The van der Waals surface area contributed by atoms with Crippen molar-refractivity contribution >= 4 is 17.5 Å². The molecule has 0 radical (unpaired) electrons. The number of aryl methyl sites for hydroxylation is 1. The Morgan fingerprint density at radius 3 is 2.61 bits per heavy atom. The Labute approximate surface area is 142 Å². The molecule has 5 heteroatoms. The fourth-order valence-corrected chi connectivity index (χ4v) is 3.32. The van der Waals surface area contributed by atoms with Crippen molar-refractivity contribution in [3.8, 4) is 0 Å². The second kappa shape index (κ2) is 7.18. The average molecular weight is 332 g/mol. The van der Waals surface area contributed by atoms with Gasteiger partial charge in [-0.3, -0.25) is 4.79 Å². The number of carbonyl (C=O) groups is 1. The molecular weight excluding hydrogens is 310 g/mol. The summed E-state index contributed by atoms with van der Waals surface area (Å²) in [6, 6.07) is 7.14. The van der Waals surface area contributed by atoms with Crippen LogP contribution in [-0.4, -0.2) is 33.4 Å². The summed E-state index contributed by atoms with van der Waals surface area (Å²) >= 11 is 5.88. The molecule has 0 N–H and O–H groups in total. The molecule has 1 aromatic carbocycles. The average Bonchev–Trinajstić information content (AvgIpc) is 3.03. The third kappa shape index (κ3) is 3.75. The number of hydrogen-bond donors (Lipinski definition) is 0. The van der Waals surface area contributed by atoms with Crippen molar-refractivity contribution in [2.45, 2.75) is 32.7 Å². The van der Waals surface area contributed by atoms with Crippen LogP contribution in [0.15, 0.2) is 36.7 Å². The quantitative estimate of drug-likeness (QED) is 0.857. The molecule has 122 valence electrons. The maximum Gasteiger partial charge on any atom is 0.253 e. The Kier molecular flexibility index (Phi) is 5.01. The number of carbonyl (C=O) groups excluding carboxylic acids is 1. The molecule has 0 saturated carbocycles. The molecule has 0 bridgehead atoms. The summed E-state index contributed by atoms with van der Waals surface area (Å²) in [5.41, 5.74) is 0.718. The summed E-state index contributed by atoms with van der Waals surface area (Å²) in [4.78, 5) is 18.8. The number of halogens is 1. The van der Waals surface area contributed by atoms with E-state index in [9.17, 15) is 4.79 Å². The Morgan fingerprint density at radius 2 is 1.96 bits per heavy atom. The van der Waals surface area contributed by atoms with Crippen molar-refractivity contribution in [1.29, 1.82) is 0 Å². The standard InChI is InChI=1S/C18H22ClN3O/c1-2-17-20-9-12-22(17)13-14-7-10-21(11-8-14)18(23)15-3-5-16(19)6-4-15/h3-6,9,12,14H,2,7-8,10-11,13H2,1H3. The molecule has 23 heavy (non-hydrogen) atoms.